The van der Waals surface area contributed by atoms with Crippen LogP contribution in [-0.4, -0.2) is 14.7 Å². The van der Waals surface area contributed by atoms with Gasteiger partial charge < -0.3 is 5.11 Å². The molecule has 0 unspecified atom stereocenters. The molecule has 1 saturated carbocycles. The average molecular weight is 210 g/mol. The Hall–Kier alpha value is -1.52. The van der Waals surface area contributed by atoms with Gasteiger partial charge in [0, 0.05) is 6.54 Å². The van der Waals surface area contributed by atoms with Crippen molar-refractivity contribution < 1.29 is 5.11 Å². The number of hydrogen-bond acceptors (Lipinski definition) is 3. The highest BCUT2D eigenvalue weighted by Gasteiger charge is 2.17. The first-order chi connectivity index (χ1) is 7.16. The van der Waals surface area contributed by atoms with Gasteiger partial charge in [0.05, 0.1) is 6.07 Å². The zero-order valence-electron chi connectivity index (χ0n) is 8.40. The Balaban J connectivity index is 2.13. The Kier molecular flexibility index (Phi) is 2.62. The van der Waals surface area contributed by atoms with E-state index in [4.69, 9.17) is 0 Å². The van der Waals surface area contributed by atoms with Crippen molar-refractivity contribution in [3.8, 4) is 5.88 Å². The molecule has 0 bridgehead atoms. The van der Waals surface area contributed by atoms with E-state index in [-0.39, 0.29) is 5.88 Å². The molecule has 1 aliphatic carbocycles. The average Bonchev–Trinajstić information content (AvgIpc) is 2.06. The molecular weight excluding hydrogens is 196 g/mol. The maximum atomic E-state index is 11.3. The monoisotopic (exact) mass is 210 g/mol. The van der Waals surface area contributed by atoms with E-state index in [9.17, 15) is 14.7 Å². The van der Waals surface area contributed by atoms with Gasteiger partial charge in [-0.25, -0.2) is 4.79 Å². The van der Waals surface area contributed by atoms with Crippen molar-refractivity contribution in [2.75, 3.05) is 0 Å². The minimum absolute atomic E-state index is 0.247. The van der Waals surface area contributed by atoms with Gasteiger partial charge in [0.2, 0.25) is 5.88 Å². The number of hydrogen-bond donors (Lipinski definition) is 2. The van der Waals surface area contributed by atoms with Crippen molar-refractivity contribution >= 4 is 0 Å². The lowest BCUT2D eigenvalue weighted by atomic mass is 9.83. The molecule has 2 rings (SSSR count). The summed E-state index contributed by atoms with van der Waals surface area (Å²) in [6, 6.07) is 1.03. The molecule has 1 aromatic heterocycles. The van der Waals surface area contributed by atoms with Crippen LogP contribution in [-0.2, 0) is 6.54 Å². The second kappa shape index (κ2) is 3.92. The molecule has 0 saturated heterocycles. The second-order valence-corrected chi connectivity index (χ2v) is 4.03. The predicted molar refractivity (Wildman–Crippen MR) is 54.9 cm³/mol. The molecule has 0 radical (unpaired) electrons. The molecule has 0 atom stereocenters. The van der Waals surface area contributed by atoms with E-state index in [0.29, 0.717) is 12.5 Å². The Morgan fingerprint density at radius 2 is 2.20 bits per heavy atom. The Morgan fingerprint density at radius 3 is 2.73 bits per heavy atom. The first kappa shape index (κ1) is 10.0. The summed E-state index contributed by atoms with van der Waals surface area (Å²) in [6.07, 6.45) is 4.56. The molecule has 1 heterocycles. The fourth-order valence-corrected chi connectivity index (χ4v) is 1.82. The maximum Gasteiger partial charge on any atom is 0.331 e. The first-order valence-corrected chi connectivity index (χ1v) is 5.20. The lowest BCUT2D eigenvalue weighted by Crippen LogP contribution is -2.30. The molecule has 0 aliphatic heterocycles. The van der Waals surface area contributed by atoms with Crippen LogP contribution < -0.4 is 11.2 Å². The summed E-state index contributed by atoms with van der Waals surface area (Å²) in [5.41, 5.74) is -1.09. The van der Waals surface area contributed by atoms with Gasteiger partial charge in [0.25, 0.3) is 5.56 Å². The molecule has 15 heavy (non-hydrogen) atoms. The van der Waals surface area contributed by atoms with Crippen molar-refractivity contribution in [1.82, 2.24) is 9.55 Å². The molecule has 1 aromatic rings. The van der Waals surface area contributed by atoms with E-state index in [0.717, 1.165) is 12.5 Å². The third-order valence-corrected chi connectivity index (χ3v) is 3.00. The summed E-state index contributed by atoms with van der Waals surface area (Å²) in [4.78, 5) is 24.3. The number of H-pyrrole nitrogens is 1. The molecule has 1 fully saturated rings. The van der Waals surface area contributed by atoms with Crippen LogP contribution in [0.3, 0.4) is 0 Å². The number of nitrogens with one attached hydrogen (secondary N) is 1. The van der Waals surface area contributed by atoms with Crippen LogP contribution in [0.4, 0.5) is 0 Å². The molecule has 2 N–H and O–H groups in total. The zero-order valence-corrected chi connectivity index (χ0v) is 8.40. The Morgan fingerprint density at radius 1 is 1.47 bits per heavy atom. The minimum Gasteiger partial charge on any atom is -0.494 e. The Bertz CT molecular complexity index is 456. The summed E-state index contributed by atoms with van der Waals surface area (Å²) in [5, 5.41) is 9.42. The first-order valence-electron chi connectivity index (χ1n) is 5.20. The van der Waals surface area contributed by atoms with Crippen LogP contribution in [0.1, 0.15) is 25.7 Å². The van der Waals surface area contributed by atoms with Gasteiger partial charge in [0.1, 0.15) is 0 Å². The van der Waals surface area contributed by atoms with E-state index in [1.165, 1.54) is 23.8 Å². The molecule has 0 amide bonds. The summed E-state index contributed by atoms with van der Waals surface area (Å²) in [6.45, 7) is 0.478. The van der Waals surface area contributed by atoms with Gasteiger partial charge in [-0.05, 0) is 12.3 Å². The third kappa shape index (κ3) is 2.11. The molecule has 5 nitrogen and oxygen atoms in total. The van der Waals surface area contributed by atoms with Gasteiger partial charge in [-0.2, -0.15) is 0 Å². The second-order valence-electron chi connectivity index (χ2n) is 4.03. The van der Waals surface area contributed by atoms with Crippen molar-refractivity contribution in [2.24, 2.45) is 5.92 Å². The fraction of sp³-hybridized carbons (Fsp3) is 0.600. The van der Waals surface area contributed by atoms with Crippen LogP contribution in [0.2, 0.25) is 0 Å². The standard InChI is InChI=1S/C10H14N2O3/c13-8-6-9(14)12(10(15)11-8)5-4-7-2-1-3-7/h6-7,14H,1-5H2,(H,11,13,15). The summed E-state index contributed by atoms with van der Waals surface area (Å²) in [5.74, 6) is 0.423. The quantitative estimate of drug-likeness (QED) is 0.759. The SMILES string of the molecule is O=c1cc(O)n(CCC2CCC2)c(=O)[nH]1. The van der Waals surface area contributed by atoms with E-state index in [1.54, 1.807) is 0 Å². The van der Waals surface area contributed by atoms with Crippen molar-refractivity contribution in [2.45, 2.75) is 32.2 Å². The van der Waals surface area contributed by atoms with Crippen LogP contribution >= 0.6 is 0 Å². The van der Waals surface area contributed by atoms with Gasteiger partial charge in [-0.1, -0.05) is 19.3 Å². The number of aromatic amines is 1. The zero-order chi connectivity index (χ0) is 10.8. The third-order valence-electron chi connectivity index (χ3n) is 3.00. The van der Waals surface area contributed by atoms with Crippen molar-refractivity contribution in [1.29, 1.82) is 0 Å². The highest BCUT2D eigenvalue weighted by Crippen LogP contribution is 2.29. The van der Waals surface area contributed by atoms with E-state index >= 15 is 0 Å². The number of rotatable bonds is 3. The molecule has 0 spiro atoms. The molecule has 1 aliphatic rings. The van der Waals surface area contributed by atoms with Gasteiger partial charge in [0.15, 0.2) is 0 Å². The van der Waals surface area contributed by atoms with Crippen LogP contribution in [0.5, 0.6) is 5.88 Å². The summed E-state index contributed by atoms with van der Waals surface area (Å²) in [7, 11) is 0. The van der Waals surface area contributed by atoms with E-state index in [1.807, 2.05) is 0 Å². The van der Waals surface area contributed by atoms with Crippen LogP contribution in [0, 0.1) is 5.92 Å². The largest absolute Gasteiger partial charge is 0.494 e. The number of aromatic nitrogens is 2. The van der Waals surface area contributed by atoms with E-state index in [2.05, 4.69) is 4.98 Å². The highest BCUT2D eigenvalue weighted by atomic mass is 16.3. The summed E-state index contributed by atoms with van der Waals surface area (Å²) < 4.78 is 1.21. The lowest BCUT2D eigenvalue weighted by Gasteiger charge is -2.25. The van der Waals surface area contributed by atoms with Crippen LogP contribution in [0.25, 0.3) is 0 Å². The number of nitrogens with zero attached hydrogens (tertiary/aromatic N) is 1. The van der Waals surface area contributed by atoms with Gasteiger partial charge in [-0.3, -0.25) is 14.3 Å². The minimum atomic E-state index is -0.558. The smallest absolute Gasteiger partial charge is 0.331 e. The Labute approximate surface area is 86.4 Å². The predicted octanol–water partition coefficient (Wildman–Crippen LogP) is 0.432. The highest BCUT2D eigenvalue weighted by molar-refractivity contribution is 5.05. The molecule has 0 aromatic carbocycles. The van der Waals surface area contributed by atoms with Crippen molar-refractivity contribution in [3.05, 3.63) is 26.9 Å². The topological polar surface area (TPSA) is 75.1 Å². The molecule has 82 valence electrons. The maximum absolute atomic E-state index is 11.3. The van der Waals surface area contributed by atoms with E-state index < -0.39 is 11.2 Å². The molecular formula is C10H14N2O3. The van der Waals surface area contributed by atoms with Crippen molar-refractivity contribution in [3.63, 3.8) is 0 Å². The van der Waals surface area contributed by atoms with Gasteiger partial charge in [-0.15, -0.1) is 0 Å². The fourth-order valence-electron chi connectivity index (χ4n) is 1.82. The molecule has 5 heteroatoms. The van der Waals surface area contributed by atoms with Crippen LogP contribution in [0.15, 0.2) is 15.7 Å². The normalized spacial score (nSPS) is 16.3. The summed E-state index contributed by atoms with van der Waals surface area (Å²) >= 11 is 0. The lowest BCUT2D eigenvalue weighted by molar-refractivity contribution is 0.273. The number of aromatic hydroxyl groups is 1. The van der Waals surface area contributed by atoms with Gasteiger partial charge >= 0.3 is 5.69 Å².